The number of hydrogen-bond acceptors (Lipinski definition) is 4. The summed E-state index contributed by atoms with van der Waals surface area (Å²) in [6.07, 6.45) is 0. The lowest BCUT2D eigenvalue weighted by atomic mass is 10.2. The van der Waals surface area contributed by atoms with Crippen LogP contribution in [0.25, 0.3) is 0 Å². The molecule has 1 atom stereocenters. The molecule has 27 heavy (non-hydrogen) atoms. The first-order valence-corrected chi connectivity index (χ1v) is 10.6. The summed E-state index contributed by atoms with van der Waals surface area (Å²) in [6.45, 7) is 7.64. The molecule has 6 heteroatoms. The fourth-order valence-electron chi connectivity index (χ4n) is 3.12. The zero-order chi connectivity index (χ0) is 19.1. The fourth-order valence-corrected chi connectivity index (χ4v) is 4.14. The van der Waals surface area contributed by atoms with Gasteiger partial charge in [0.15, 0.2) is 0 Å². The van der Waals surface area contributed by atoms with E-state index < -0.39 is 0 Å². The maximum absolute atomic E-state index is 12.3. The van der Waals surface area contributed by atoms with Gasteiger partial charge in [-0.15, -0.1) is 11.8 Å². The van der Waals surface area contributed by atoms with Crippen molar-refractivity contribution in [2.24, 2.45) is 0 Å². The lowest BCUT2D eigenvalue weighted by molar-refractivity contribution is -0.120. The smallest absolute Gasteiger partial charge is 0.233 e. The van der Waals surface area contributed by atoms with Gasteiger partial charge in [-0.2, -0.15) is 0 Å². The number of benzene rings is 2. The molecule has 1 amide bonds. The lowest BCUT2D eigenvalue weighted by Gasteiger charge is -2.36. The van der Waals surface area contributed by atoms with Crippen LogP contribution in [0.15, 0.2) is 59.5 Å². The Labute approximate surface area is 170 Å². The van der Waals surface area contributed by atoms with Crippen LogP contribution in [0.2, 0.25) is 5.02 Å². The summed E-state index contributed by atoms with van der Waals surface area (Å²) in [5.74, 6) is 0.0814. The number of nitrogens with zero attached hydrogens (tertiary/aromatic N) is 2. The average Bonchev–Trinajstić information content (AvgIpc) is 2.71. The summed E-state index contributed by atoms with van der Waals surface area (Å²) in [7, 11) is 0. The predicted octanol–water partition coefficient (Wildman–Crippen LogP) is 3.76. The van der Waals surface area contributed by atoms with E-state index in [1.54, 1.807) is 11.8 Å². The number of halogens is 1. The number of carbonyl (C=O) groups is 1. The molecule has 3 rings (SSSR count). The fraction of sp³-hybridized carbons (Fsp3) is 0.381. The second kappa shape index (κ2) is 10.0. The molecule has 1 unspecified atom stereocenters. The molecule has 1 aliphatic rings. The molecular weight excluding hydrogens is 378 g/mol. The highest BCUT2D eigenvalue weighted by atomic mass is 35.5. The van der Waals surface area contributed by atoms with E-state index in [9.17, 15) is 4.79 Å². The van der Waals surface area contributed by atoms with Crippen molar-refractivity contribution in [2.75, 3.05) is 44.2 Å². The van der Waals surface area contributed by atoms with Crippen LogP contribution in [-0.2, 0) is 4.79 Å². The third kappa shape index (κ3) is 6.16. The summed E-state index contributed by atoms with van der Waals surface area (Å²) in [5.41, 5.74) is 1.29. The first kappa shape index (κ1) is 20.1. The van der Waals surface area contributed by atoms with Gasteiger partial charge in [0.1, 0.15) is 0 Å². The van der Waals surface area contributed by atoms with Crippen LogP contribution in [0.5, 0.6) is 0 Å². The van der Waals surface area contributed by atoms with Gasteiger partial charge in [0.2, 0.25) is 5.91 Å². The minimum atomic E-state index is -0.124. The molecule has 0 spiro atoms. The standard InChI is InChI=1S/C21H26ClN3OS/c1-17(27-20-9-7-18(22)8-10-20)21(26)23-11-12-24-13-15-25(16-14-24)19-5-3-2-4-6-19/h2-10,17H,11-16H2,1H3,(H,23,26). The molecule has 0 saturated carbocycles. The number of piperazine rings is 1. The van der Waals surface area contributed by atoms with Gasteiger partial charge in [-0.1, -0.05) is 29.8 Å². The highest BCUT2D eigenvalue weighted by Crippen LogP contribution is 2.24. The number of carbonyl (C=O) groups excluding carboxylic acids is 1. The molecule has 2 aromatic carbocycles. The summed E-state index contributed by atoms with van der Waals surface area (Å²) < 4.78 is 0. The molecule has 1 aliphatic heterocycles. The molecule has 0 bridgehead atoms. The molecule has 1 heterocycles. The topological polar surface area (TPSA) is 35.6 Å². The molecule has 144 valence electrons. The minimum Gasteiger partial charge on any atom is -0.369 e. The van der Waals surface area contributed by atoms with Crippen molar-refractivity contribution in [1.82, 2.24) is 10.2 Å². The SMILES string of the molecule is CC(Sc1ccc(Cl)cc1)C(=O)NCCN1CCN(c2ccccc2)CC1. The molecule has 2 aromatic rings. The maximum Gasteiger partial charge on any atom is 0.233 e. The van der Waals surface area contributed by atoms with Gasteiger partial charge in [0.05, 0.1) is 5.25 Å². The summed E-state index contributed by atoms with van der Waals surface area (Å²) in [5, 5.41) is 3.65. The highest BCUT2D eigenvalue weighted by molar-refractivity contribution is 8.00. The molecular formula is C21H26ClN3OS. The summed E-state index contributed by atoms with van der Waals surface area (Å²) >= 11 is 7.45. The number of thioether (sulfide) groups is 1. The van der Waals surface area contributed by atoms with E-state index in [-0.39, 0.29) is 11.2 Å². The van der Waals surface area contributed by atoms with E-state index in [0.717, 1.165) is 37.6 Å². The third-order valence-electron chi connectivity index (χ3n) is 4.72. The van der Waals surface area contributed by atoms with Crippen molar-refractivity contribution in [1.29, 1.82) is 0 Å². The summed E-state index contributed by atoms with van der Waals surface area (Å²) in [4.78, 5) is 18.2. The van der Waals surface area contributed by atoms with Crippen molar-refractivity contribution >= 4 is 35.0 Å². The molecule has 0 aliphatic carbocycles. The van der Waals surface area contributed by atoms with Crippen molar-refractivity contribution in [2.45, 2.75) is 17.1 Å². The number of nitrogens with one attached hydrogen (secondary N) is 1. The molecule has 1 fully saturated rings. The monoisotopic (exact) mass is 403 g/mol. The Bertz CT molecular complexity index is 718. The zero-order valence-electron chi connectivity index (χ0n) is 15.6. The second-order valence-electron chi connectivity index (χ2n) is 6.67. The van der Waals surface area contributed by atoms with E-state index in [4.69, 9.17) is 11.6 Å². The van der Waals surface area contributed by atoms with Crippen molar-refractivity contribution < 1.29 is 4.79 Å². The Kier molecular flexibility index (Phi) is 7.44. The van der Waals surface area contributed by atoms with Crippen LogP contribution >= 0.6 is 23.4 Å². The average molecular weight is 404 g/mol. The van der Waals surface area contributed by atoms with E-state index in [1.807, 2.05) is 31.2 Å². The summed E-state index contributed by atoms with van der Waals surface area (Å²) in [6, 6.07) is 18.1. The van der Waals surface area contributed by atoms with E-state index in [1.165, 1.54) is 5.69 Å². The number of amides is 1. The maximum atomic E-state index is 12.3. The van der Waals surface area contributed by atoms with Crippen LogP contribution in [0.3, 0.4) is 0 Å². The van der Waals surface area contributed by atoms with Crippen LogP contribution < -0.4 is 10.2 Å². The predicted molar refractivity (Wildman–Crippen MR) is 115 cm³/mol. The Morgan fingerprint density at radius 2 is 1.74 bits per heavy atom. The first-order valence-electron chi connectivity index (χ1n) is 9.34. The van der Waals surface area contributed by atoms with Gasteiger partial charge in [-0.25, -0.2) is 0 Å². The van der Waals surface area contributed by atoms with Crippen LogP contribution in [0, 0.1) is 0 Å². The molecule has 4 nitrogen and oxygen atoms in total. The molecule has 0 aromatic heterocycles. The Hall–Kier alpha value is -1.69. The van der Waals surface area contributed by atoms with E-state index in [0.29, 0.717) is 11.6 Å². The molecule has 0 radical (unpaired) electrons. The Morgan fingerprint density at radius 1 is 1.07 bits per heavy atom. The van der Waals surface area contributed by atoms with Crippen LogP contribution in [0.4, 0.5) is 5.69 Å². The van der Waals surface area contributed by atoms with Crippen LogP contribution in [-0.4, -0.2) is 55.3 Å². The third-order valence-corrected chi connectivity index (χ3v) is 6.08. The lowest BCUT2D eigenvalue weighted by Crippen LogP contribution is -2.48. The number of rotatable bonds is 7. The molecule has 1 saturated heterocycles. The number of para-hydroxylation sites is 1. The van der Waals surface area contributed by atoms with Crippen molar-refractivity contribution in [3.63, 3.8) is 0 Å². The van der Waals surface area contributed by atoms with E-state index in [2.05, 4.69) is 45.4 Å². The Balaban J connectivity index is 1.35. The van der Waals surface area contributed by atoms with Gasteiger partial charge >= 0.3 is 0 Å². The zero-order valence-corrected chi connectivity index (χ0v) is 17.2. The van der Waals surface area contributed by atoms with Gasteiger partial charge in [0, 0.05) is 54.9 Å². The molecule has 1 N–H and O–H groups in total. The largest absolute Gasteiger partial charge is 0.369 e. The van der Waals surface area contributed by atoms with Gasteiger partial charge in [-0.05, 0) is 43.3 Å². The normalized spacial score (nSPS) is 16.1. The van der Waals surface area contributed by atoms with E-state index >= 15 is 0 Å². The minimum absolute atomic E-state index is 0.0814. The number of hydrogen-bond donors (Lipinski definition) is 1. The van der Waals surface area contributed by atoms with Crippen molar-refractivity contribution in [3.8, 4) is 0 Å². The van der Waals surface area contributed by atoms with Crippen molar-refractivity contribution in [3.05, 3.63) is 59.6 Å². The second-order valence-corrected chi connectivity index (χ2v) is 8.52. The van der Waals surface area contributed by atoms with Gasteiger partial charge in [0.25, 0.3) is 0 Å². The van der Waals surface area contributed by atoms with Crippen LogP contribution in [0.1, 0.15) is 6.92 Å². The van der Waals surface area contributed by atoms with Gasteiger partial charge in [-0.3, -0.25) is 9.69 Å². The Morgan fingerprint density at radius 3 is 2.41 bits per heavy atom. The highest BCUT2D eigenvalue weighted by Gasteiger charge is 2.18. The number of anilines is 1. The first-order chi connectivity index (χ1) is 13.1. The van der Waals surface area contributed by atoms with Gasteiger partial charge < -0.3 is 10.2 Å². The quantitative estimate of drug-likeness (QED) is 0.714.